The molecule has 0 amide bonds. The molecule has 2 heterocycles. The third kappa shape index (κ3) is 4.70. The van der Waals surface area contributed by atoms with E-state index in [2.05, 4.69) is 23.8 Å². The largest absolute Gasteiger partial charge is 0.439 e. The van der Waals surface area contributed by atoms with Crippen molar-refractivity contribution in [2.24, 2.45) is 5.92 Å². The van der Waals surface area contributed by atoms with Crippen LogP contribution in [-0.2, 0) is 13.1 Å². The summed E-state index contributed by atoms with van der Waals surface area (Å²) in [6.45, 7) is 7.62. The number of benzene rings is 1. The molecular formula is C21H29N5O3. The highest BCUT2D eigenvalue weighted by atomic mass is 16.3. The average Bonchev–Trinajstić information content (AvgIpc) is 3.08. The highest BCUT2D eigenvalue weighted by Crippen LogP contribution is 2.23. The van der Waals surface area contributed by atoms with Crippen LogP contribution in [-0.4, -0.2) is 21.1 Å². The van der Waals surface area contributed by atoms with Gasteiger partial charge < -0.3 is 15.1 Å². The van der Waals surface area contributed by atoms with Crippen LogP contribution in [0.5, 0.6) is 0 Å². The van der Waals surface area contributed by atoms with Gasteiger partial charge >= 0.3 is 5.69 Å². The molecule has 3 aromatic rings. The van der Waals surface area contributed by atoms with Crippen LogP contribution in [0.15, 0.2) is 38.3 Å². The Labute approximate surface area is 169 Å². The van der Waals surface area contributed by atoms with E-state index in [1.807, 2.05) is 36.1 Å². The number of rotatable bonds is 9. The van der Waals surface area contributed by atoms with Crippen LogP contribution in [0.3, 0.4) is 0 Å². The molecule has 0 aliphatic rings. The Morgan fingerprint density at radius 2 is 2.03 bits per heavy atom. The third-order valence-electron chi connectivity index (χ3n) is 4.91. The minimum atomic E-state index is -0.486. The molecule has 0 spiro atoms. The Morgan fingerprint density at radius 3 is 2.72 bits per heavy atom. The lowest BCUT2D eigenvalue weighted by Gasteiger charge is -2.25. The molecule has 0 bridgehead atoms. The zero-order chi connectivity index (χ0) is 21.0. The molecule has 0 unspecified atom stereocenters. The molecule has 8 nitrogen and oxygen atoms in total. The summed E-state index contributed by atoms with van der Waals surface area (Å²) in [6, 6.07) is 7.53. The molecule has 1 aromatic carbocycles. The van der Waals surface area contributed by atoms with Crippen LogP contribution in [0.1, 0.15) is 45.9 Å². The lowest BCUT2D eigenvalue weighted by molar-refractivity contribution is 0.502. The smallest absolute Gasteiger partial charge is 0.330 e. The molecule has 3 rings (SSSR count). The van der Waals surface area contributed by atoms with Crippen molar-refractivity contribution in [3.63, 3.8) is 0 Å². The van der Waals surface area contributed by atoms with E-state index in [-0.39, 0.29) is 5.82 Å². The Bertz CT molecular complexity index is 1050. The Hall–Kier alpha value is -3.03. The van der Waals surface area contributed by atoms with Gasteiger partial charge in [0.1, 0.15) is 17.0 Å². The standard InChI is InChI=1S/C21H29N5O3/c1-4-5-11-26-19(22)18(20(27)24-21(26)28)25(12-10-14(2)3)13-17-23-15-8-6-7-9-16(15)29-17/h6-9,14H,4-5,10-13,22H2,1-3H3,(H,24,27,28). The Kier molecular flexibility index (Phi) is 6.41. The summed E-state index contributed by atoms with van der Waals surface area (Å²) in [4.78, 5) is 33.8. The van der Waals surface area contributed by atoms with Crippen LogP contribution in [0, 0.1) is 5.92 Å². The van der Waals surface area contributed by atoms with Crippen LogP contribution in [0.2, 0.25) is 0 Å². The molecule has 0 aliphatic carbocycles. The molecule has 2 aromatic heterocycles. The lowest BCUT2D eigenvalue weighted by atomic mass is 10.1. The van der Waals surface area contributed by atoms with Gasteiger partial charge in [0.25, 0.3) is 5.56 Å². The first-order valence-corrected chi connectivity index (χ1v) is 10.1. The topological polar surface area (TPSA) is 110 Å². The van der Waals surface area contributed by atoms with Crippen molar-refractivity contribution in [2.75, 3.05) is 17.2 Å². The number of aromatic nitrogens is 3. The number of unbranched alkanes of at least 4 members (excludes halogenated alkanes) is 1. The number of hydrogen-bond donors (Lipinski definition) is 2. The van der Waals surface area contributed by atoms with Gasteiger partial charge in [-0.1, -0.05) is 39.3 Å². The zero-order valence-electron chi connectivity index (χ0n) is 17.3. The van der Waals surface area contributed by atoms with Crippen LogP contribution in [0.25, 0.3) is 11.1 Å². The van der Waals surface area contributed by atoms with E-state index >= 15 is 0 Å². The maximum atomic E-state index is 12.7. The molecule has 0 aliphatic heterocycles. The highest BCUT2D eigenvalue weighted by Gasteiger charge is 2.21. The molecule has 156 valence electrons. The van der Waals surface area contributed by atoms with E-state index in [4.69, 9.17) is 10.2 Å². The van der Waals surface area contributed by atoms with Gasteiger partial charge in [0.2, 0.25) is 5.89 Å². The fourth-order valence-electron chi connectivity index (χ4n) is 3.26. The van der Waals surface area contributed by atoms with Gasteiger partial charge in [-0.3, -0.25) is 14.3 Å². The number of H-pyrrole nitrogens is 1. The lowest BCUT2D eigenvalue weighted by Crippen LogP contribution is -2.39. The van der Waals surface area contributed by atoms with E-state index in [1.165, 1.54) is 4.57 Å². The fourth-order valence-corrected chi connectivity index (χ4v) is 3.26. The number of aromatic amines is 1. The molecule has 29 heavy (non-hydrogen) atoms. The normalized spacial score (nSPS) is 11.4. The van der Waals surface area contributed by atoms with Crippen molar-refractivity contribution in [2.45, 2.75) is 53.1 Å². The van der Waals surface area contributed by atoms with Gasteiger partial charge in [-0.25, -0.2) is 9.78 Å². The number of fused-ring (bicyclic) bond motifs is 1. The van der Waals surface area contributed by atoms with Gasteiger partial charge in [0, 0.05) is 13.1 Å². The van der Waals surface area contributed by atoms with Crippen molar-refractivity contribution >= 4 is 22.6 Å². The van der Waals surface area contributed by atoms with Gasteiger partial charge in [0.05, 0.1) is 6.54 Å². The second kappa shape index (κ2) is 8.98. The molecule has 3 N–H and O–H groups in total. The molecule has 8 heteroatoms. The van der Waals surface area contributed by atoms with E-state index in [9.17, 15) is 9.59 Å². The van der Waals surface area contributed by atoms with Gasteiger partial charge in [-0.05, 0) is 30.9 Å². The van der Waals surface area contributed by atoms with Crippen molar-refractivity contribution in [3.8, 4) is 0 Å². The summed E-state index contributed by atoms with van der Waals surface area (Å²) in [5.41, 5.74) is 7.10. The predicted molar refractivity (Wildman–Crippen MR) is 115 cm³/mol. The van der Waals surface area contributed by atoms with Gasteiger partial charge in [-0.15, -0.1) is 0 Å². The summed E-state index contributed by atoms with van der Waals surface area (Å²) in [7, 11) is 0. The Morgan fingerprint density at radius 1 is 1.28 bits per heavy atom. The molecule has 0 fully saturated rings. The van der Waals surface area contributed by atoms with Gasteiger partial charge in [-0.2, -0.15) is 0 Å². The fraction of sp³-hybridized carbons (Fsp3) is 0.476. The first-order valence-electron chi connectivity index (χ1n) is 10.1. The second-order valence-corrected chi connectivity index (χ2v) is 7.68. The minimum Gasteiger partial charge on any atom is -0.439 e. The van der Waals surface area contributed by atoms with Crippen molar-refractivity contribution < 1.29 is 4.42 Å². The number of oxazole rings is 1. The van der Waals surface area contributed by atoms with Gasteiger partial charge in [0.15, 0.2) is 5.58 Å². The maximum Gasteiger partial charge on any atom is 0.330 e. The zero-order valence-corrected chi connectivity index (χ0v) is 17.3. The predicted octanol–water partition coefficient (Wildman–Crippen LogP) is 3.11. The summed E-state index contributed by atoms with van der Waals surface area (Å²) in [5, 5.41) is 0. The monoisotopic (exact) mass is 399 g/mol. The average molecular weight is 399 g/mol. The summed E-state index contributed by atoms with van der Waals surface area (Å²) in [5.74, 6) is 1.12. The van der Waals surface area contributed by atoms with Crippen LogP contribution in [0.4, 0.5) is 11.5 Å². The van der Waals surface area contributed by atoms with Crippen LogP contribution >= 0.6 is 0 Å². The van der Waals surface area contributed by atoms with Crippen molar-refractivity contribution in [1.82, 2.24) is 14.5 Å². The number of hydrogen-bond acceptors (Lipinski definition) is 6. The summed E-state index contributed by atoms with van der Waals surface area (Å²) < 4.78 is 7.29. The highest BCUT2D eigenvalue weighted by molar-refractivity contribution is 5.72. The molecule has 0 radical (unpaired) electrons. The number of nitrogens with two attached hydrogens (primary N) is 1. The van der Waals surface area contributed by atoms with E-state index in [1.54, 1.807) is 0 Å². The number of para-hydroxylation sites is 2. The number of nitrogens with one attached hydrogen (secondary N) is 1. The maximum absolute atomic E-state index is 12.7. The summed E-state index contributed by atoms with van der Waals surface area (Å²) in [6.07, 6.45) is 2.57. The van der Waals surface area contributed by atoms with E-state index < -0.39 is 11.2 Å². The molecule has 0 saturated carbocycles. The van der Waals surface area contributed by atoms with E-state index in [0.717, 1.165) is 24.8 Å². The molecule has 0 saturated heterocycles. The number of nitrogen functional groups attached to an aromatic ring is 1. The quantitative estimate of drug-likeness (QED) is 0.572. The molecular weight excluding hydrogens is 370 g/mol. The SMILES string of the molecule is CCCCn1c(N)c(N(CCC(C)C)Cc2nc3ccccc3o2)c(=O)[nH]c1=O. The molecule has 0 atom stereocenters. The van der Waals surface area contributed by atoms with Crippen molar-refractivity contribution in [1.29, 1.82) is 0 Å². The number of nitrogens with zero attached hydrogens (tertiary/aromatic N) is 3. The van der Waals surface area contributed by atoms with Crippen LogP contribution < -0.4 is 21.9 Å². The Balaban J connectivity index is 2.01. The summed E-state index contributed by atoms with van der Waals surface area (Å²) >= 11 is 0. The first kappa shape index (κ1) is 20.7. The van der Waals surface area contributed by atoms with Crippen molar-refractivity contribution in [3.05, 3.63) is 51.0 Å². The second-order valence-electron chi connectivity index (χ2n) is 7.68. The first-order chi connectivity index (χ1) is 13.9. The number of anilines is 2. The minimum absolute atomic E-state index is 0.187. The van der Waals surface area contributed by atoms with E-state index in [0.29, 0.717) is 42.7 Å². The third-order valence-corrected chi connectivity index (χ3v) is 4.91.